The number of nitrogens with zero attached hydrogens (tertiary/aromatic N) is 1. The minimum Gasteiger partial charge on any atom is -0.508 e. The Balaban J connectivity index is 1.43. The van der Waals surface area contributed by atoms with Crippen molar-refractivity contribution in [1.82, 2.24) is 42.1 Å². The van der Waals surface area contributed by atoms with E-state index >= 15 is 0 Å². The number of hydrogen-bond donors (Lipinski definition) is 12. The third-order valence-electron chi connectivity index (χ3n) is 12.0. The zero-order chi connectivity index (χ0) is 54.5. The number of hydrogen-bond acceptors (Lipinski definition) is 13. The van der Waals surface area contributed by atoms with Crippen LogP contribution in [0.1, 0.15) is 69.6 Å². The van der Waals surface area contributed by atoms with Gasteiger partial charge >= 0.3 is 5.97 Å². The Morgan fingerprint density at radius 1 is 0.635 bits per heavy atom. The number of carbonyl (C=O) groups is 10. The number of likely N-dealkylation sites (tertiary alicyclic amines) is 1. The highest BCUT2D eigenvalue weighted by atomic mass is 16.4. The van der Waals surface area contributed by atoms with E-state index in [1.165, 1.54) is 24.0 Å². The summed E-state index contributed by atoms with van der Waals surface area (Å²) >= 11 is 0. The molecule has 1 aliphatic heterocycles. The van der Waals surface area contributed by atoms with Crippen LogP contribution in [0, 0.1) is 5.92 Å². The summed E-state index contributed by atoms with van der Waals surface area (Å²) in [5, 5.41) is 46.0. The summed E-state index contributed by atoms with van der Waals surface area (Å²) in [5.41, 5.74) is 13.5. The van der Waals surface area contributed by atoms with Crippen molar-refractivity contribution in [1.29, 1.82) is 0 Å². The second kappa shape index (κ2) is 28.9. The molecule has 0 saturated carbocycles. The summed E-state index contributed by atoms with van der Waals surface area (Å²) in [6.07, 6.45) is 0.146. The molecule has 400 valence electrons. The summed E-state index contributed by atoms with van der Waals surface area (Å²) in [6, 6.07) is 12.8. The minimum atomic E-state index is -1.67. The summed E-state index contributed by atoms with van der Waals surface area (Å²) in [6.45, 7) is 3.64. The zero-order valence-electron chi connectivity index (χ0n) is 41.6. The SMILES string of the molecule is CC(C)C[C@H](NC(=O)[C@@H](N)Cc1ccc(O)cc1)C(=O)N1CCC[C@H]1C(=O)NCC(=O)N[C@@H](CCC(N)=O)C(=O)N[C@@H](Cc1ccccc1)C(=O)N[C@@H](C)C(=O)N[C@@H](Cc1ccccc1)C(=O)N[C@@H](CO)C(=O)O. The van der Waals surface area contributed by atoms with Gasteiger partial charge in [-0.3, -0.25) is 43.2 Å². The second-order valence-electron chi connectivity index (χ2n) is 18.5. The van der Waals surface area contributed by atoms with E-state index in [4.69, 9.17) is 11.5 Å². The molecule has 9 amide bonds. The number of aliphatic hydroxyl groups excluding tert-OH is 1. The standard InChI is InChI=1S/C51H68N10O13/c1-29(2)23-39(59-45(67)35(52)24-33-16-18-34(63)19-17-33)50(72)61-22-10-15-41(61)49(71)54-27-43(65)56-36(20-21-42(53)64)46(68)58-37(25-31-11-6-4-7-12-31)47(69)55-30(3)44(66)57-38(26-32-13-8-5-9-14-32)48(70)60-40(28-62)51(73)74/h4-9,11-14,16-19,29-30,35-41,62-63H,10,15,20-28,52H2,1-3H3,(H2,53,64)(H,54,71)(H,55,69)(H,56,65)(H,57,66)(H,58,68)(H,59,67)(H,60,70)(H,73,74)/t30-,35-,36-,37-,38-,39-,40-,41-/m0/s1. The van der Waals surface area contributed by atoms with Crippen LogP contribution in [0.2, 0.25) is 0 Å². The quantitative estimate of drug-likeness (QED) is 0.0381. The Morgan fingerprint density at radius 3 is 1.69 bits per heavy atom. The number of aliphatic carboxylic acids is 1. The number of benzene rings is 3. The fourth-order valence-corrected chi connectivity index (χ4v) is 8.06. The Kier molecular flexibility index (Phi) is 22.9. The van der Waals surface area contributed by atoms with Gasteiger partial charge in [0.25, 0.3) is 0 Å². The van der Waals surface area contributed by atoms with Crippen LogP contribution in [0.4, 0.5) is 0 Å². The van der Waals surface area contributed by atoms with E-state index in [1.54, 1.807) is 72.8 Å². The maximum Gasteiger partial charge on any atom is 0.328 e. The Bertz CT molecular complexity index is 2430. The van der Waals surface area contributed by atoms with Crippen LogP contribution in [0.25, 0.3) is 0 Å². The number of carbonyl (C=O) groups excluding carboxylic acids is 9. The number of nitrogens with two attached hydrogens (primary N) is 2. The molecule has 0 bridgehead atoms. The van der Waals surface area contributed by atoms with E-state index in [-0.39, 0.29) is 63.2 Å². The van der Waals surface area contributed by atoms with Gasteiger partial charge in [-0.25, -0.2) is 4.79 Å². The smallest absolute Gasteiger partial charge is 0.328 e. The van der Waals surface area contributed by atoms with Gasteiger partial charge in [-0.1, -0.05) is 86.6 Å². The Hall–Kier alpha value is -7.92. The van der Waals surface area contributed by atoms with Gasteiger partial charge in [0, 0.05) is 25.8 Å². The number of rotatable bonds is 28. The number of aromatic hydroxyl groups is 1. The predicted octanol–water partition coefficient (Wildman–Crippen LogP) is -1.83. The monoisotopic (exact) mass is 1030 g/mol. The highest BCUT2D eigenvalue weighted by Gasteiger charge is 2.39. The molecule has 23 heteroatoms. The molecule has 1 heterocycles. The second-order valence-corrected chi connectivity index (χ2v) is 18.5. The van der Waals surface area contributed by atoms with Crippen molar-refractivity contribution in [3.8, 4) is 5.75 Å². The van der Waals surface area contributed by atoms with Crippen molar-refractivity contribution in [2.24, 2.45) is 17.4 Å². The maximum atomic E-state index is 14.0. The van der Waals surface area contributed by atoms with Crippen LogP contribution >= 0.6 is 0 Å². The van der Waals surface area contributed by atoms with Crippen LogP contribution in [0.3, 0.4) is 0 Å². The third kappa shape index (κ3) is 18.9. The largest absolute Gasteiger partial charge is 0.508 e. The van der Waals surface area contributed by atoms with Crippen LogP contribution in [-0.2, 0) is 67.2 Å². The molecule has 1 saturated heterocycles. The average Bonchev–Trinajstić information content (AvgIpc) is 3.86. The Morgan fingerprint density at radius 2 is 1.15 bits per heavy atom. The first-order valence-corrected chi connectivity index (χ1v) is 24.3. The average molecular weight is 1030 g/mol. The third-order valence-corrected chi connectivity index (χ3v) is 12.0. The molecule has 8 atom stereocenters. The van der Waals surface area contributed by atoms with Crippen LogP contribution in [-0.4, -0.2) is 147 Å². The number of phenols is 1. The van der Waals surface area contributed by atoms with Gasteiger partial charge in [-0.2, -0.15) is 0 Å². The van der Waals surface area contributed by atoms with Crippen molar-refractivity contribution in [2.75, 3.05) is 19.7 Å². The Labute approximate surface area is 428 Å². The van der Waals surface area contributed by atoms with Gasteiger partial charge in [-0.05, 0) is 73.8 Å². The number of primary amides is 1. The van der Waals surface area contributed by atoms with Crippen molar-refractivity contribution in [3.63, 3.8) is 0 Å². The first-order valence-electron chi connectivity index (χ1n) is 24.3. The highest BCUT2D eigenvalue weighted by Crippen LogP contribution is 2.21. The summed E-state index contributed by atoms with van der Waals surface area (Å²) in [7, 11) is 0. The van der Waals surface area contributed by atoms with E-state index in [2.05, 4.69) is 37.2 Å². The van der Waals surface area contributed by atoms with Crippen LogP contribution in [0.15, 0.2) is 84.9 Å². The molecule has 0 unspecified atom stereocenters. The molecule has 0 aliphatic carbocycles. The molecule has 0 spiro atoms. The molecular weight excluding hydrogens is 961 g/mol. The summed E-state index contributed by atoms with van der Waals surface area (Å²) < 4.78 is 0. The molecule has 74 heavy (non-hydrogen) atoms. The van der Waals surface area contributed by atoms with Crippen LogP contribution < -0.4 is 48.7 Å². The molecule has 0 aromatic heterocycles. The summed E-state index contributed by atoms with van der Waals surface area (Å²) in [5.74, 6) is -8.54. The predicted molar refractivity (Wildman–Crippen MR) is 268 cm³/mol. The minimum absolute atomic E-state index is 0.0461. The van der Waals surface area contributed by atoms with E-state index in [9.17, 15) is 63.3 Å². The topological polar surface area (TPSA) is 371 Å². The molecular formula is C51H68N10O13. The van der Waals surface area contributed by atoms with Gasteiger partial charge in [0.2, 0.25) is 53.2 Å². The molecule has 3 aromatic rings. The number of nitrogens with one attached hydrogen (secondary N) is 7. The lowest BCUT2D eigenvalue weighted by atomic mass is 10.0. The molecule has 0 radical (unpaired) electrons. The van der Waals surface area contributed by atoms with Gasteiger partial charge in [0.05, 0.1) is 19.2 Å². The van der Waals surface area contributed by atoms with Crippen LogP contribution in [0.5, 0.6) is 5.75 Å². The van der Waals surface area contributed by atoms with Crippen molar-refractivity contribution < 1.29 is 63.3 Å². The van der Waals surface area contributed by atoms with E-state index in [0.717, 1.165) is 0 Å². The van der Waals surface area contributed by atoms with Gasteiger partial charge in [0.15, 0.2) is 0 Å². The first-order chi connectivity index (χ1) is 35.1. The van der Waals surface area contributed by atoms with Crippen molar-refractivity contribution >= 4 is 59.1 Å². The zero-order valence-corrected chi connectivity index (χ0v) is 41.6. The first kappa shape index (κ1) is 58.6. The molecule has 23 nitrogen and oxygen atoms in total. The number of carboxylic acids is 1. The molecule has 1 fully saturated rings. The molecule has 4 rings (SSSR count). The van der Waals surface area contributed by atoms with Gasteiger partial charge in [0.1, 0.15) is 48.0 Å². The van der Waals surface area contributed by atoms with Crippen molar-refractivity contribution in [3.05, 3.63) is 102 Å². The van der Waals surface area contributed by atoms with Gasteiger partial charge in [-0.15, -0.1) is 0 Å². The lowest BCUT2D eigenvalue weighted by molar-refractivity contribution is -0.143. The number of aliphatic hydroxyl groups is 1. The van der Waals surface area contributed by atoms with Gasteiger partial charge < -0.3 is 68.9 Å². The van der Waals surface area contributed by atoms with E-state index < -0.39 is 121 Å². The fraction of sp³-hybridized carbons (Fsp3) is 0.451. The fourth-order valence-electron chi connectivity index (χ4n) is 8.06. The van der Waals surface area contributed by atoms with Crippen molar-refractivity contribution in [2.45, 2.75) is 120 Å². The normalized spacial score (nSPS) is 15.9. The van der Waals surface area contributed by atoms with E-state index in [1.807, 2.05) is 13.8 Å². The molecule has 1 aliphatic rings. The maximum absolute atomic E-state index is 14.0. The summed E-state index contributed by atoms with van der Waals surface area (Å²) in [4.78, 5) is 134. The highest BCUT2D eigenvalue weighted by molar-refractivity contribution is 5.98. The van der Waals surface area contributed by atoms with E-state index in [0.29, 0.717) is 23.1 Å². The number of phenolic OH excluding ortho intramolecular Hbond substituents is 1. The molecule has 14 N–H and O–H groups in total. The lowest BCUT2D eigenvalue weighted by Crippen LogP contribution is -2.59. The number of carboxylic acid groups (broad SMARTS) is 1. The number of amides is 9. The lowest BCUT2D eigenvalue weighted by Gasteiger charge is -2.30. The molecule has 3 aromatic carbocycles.